The van der Waals surface area contributed by atoms with Gasteiger partial charge in [-0.1, -0.05) is 23.7 Å². The summed E-state index contributed by atoms with van der Waals surface area (Å²) < 4.78 is 10.5. The van der Waals surface area contributed by atoms with Crippen molar-refractivity contribution in [3.8, 4) is 5.75 Å². The SMILES string of the molecule is COc1ccccc1NC(=O)OCCCN1CCN(c2ccc(Cl)cc2)CC1. The molecule has 1 N–H and O–H groups in total. The van der Waals surface area contributed by atoms with Crippen molar-refractivity contribution >= 4 is 29.1 Å². The van der Waals surface area contributed by atoms with Crippen LogP contribution < -0.4 is 15.0 Å². The molecule has 150 valence electrons. The number of hydrogen-bond donors (Lipinski definition) is 1. The molecule has 28 heavy (non-hydrogen) atoms. The molecule has 0 unspecified atom stereocenters. The zero-order valence-corrected chi connectivity index (χ0v) is 16.8. The zero-order chi connectivity index (χ0) is 19.8. The predicted molar refractivity (Wildman–Crippen MR) is 113 cm³/mol. The first-order valence-electron chi connectivity index (χ1n) is 9.45. The van der Waals surface area contributed by atoms with Crippen LogP contribution in [0.3, 0.4) is 0 Å². The Morgan fingerprint density at radius 2 is 1.79 bits per heavy atom. The monoisotopic (exact) mass is 403 g/mol. The minimum atomic E-state index is -0.461. The highest BCUT2D eigenvalue weighted by atomic mass is 35.5. The van der Waals surface area contributed by atoms with Gasteiger partial charge in [0.05, 0.1) is 19.4 Å². The van der Waals surface area contributed by atoms with Crippen LogP contribution in [0.2, 0.25) is 5.02 Å². The van der Waals surface area contributed by atoms with E-state index in [4.69, 9.17) is 21.1 Å². The minimum absolute atomic E-state index is 0.387. The number of nitrogens with zero attached hydrogens (tertiary/aromatic N) is 2. The maximum atomic E-state index is 11.9. The molecule has 1 fully saturated rings. The molecule has 6 nitrogen and oxygen atoms in total. The Balaban J connectivity index is 1.33. The third-order valence-electron chi connectivity index (χ3n) is 4.76. The van der Waals surface area contributed by atoms with Gasteiger partial charge in [0.15, 0.2) is 0 Å². The van der Waals surface area contributed by atoms with Crippen LogP contribution >= 0.6 is 11.6 Å². The molecule has 0 bridgehead atoms. The summed E-state index contributed by atoms with van der Waals surface area (Å²) >= 11 is 5.95. The van der Waals surface area contributed by atoms with E-state index in [0.717, 1.165) is 44.2 Å². The Bertz CT molecular complexity index is 762. The van der Waals surface area contributed by atoms with Gasteiger partial charge in [-0.05, 0) is 42.8 Å². The first-order valence-corrected chi connectivity index (χ1v) is 9.83. The van der Waals surface area contributed by atoms with E-state index in [1.807, 2.05) is 24.3 Å². The second kappa shape index (κ2) is 10.2. The number of carbonyl (C=O) groups is 1. The maximum absolute atomic E-state index is 11.9. The molecule has 1 aliphatic rings. The third kappa shape index (κ3) is 5.78. The first kappa shape index (κ1) is 20.3. The van der Waals surface area contributed by atoms with Gasteiger partial charge in [0, 0.05) is 43.4 Å². The molecule has 1 heterocycles. The van der Waals surface area contributed by atoms with Crippen LogP contribution in [0, 0.1) is 0 Å². The van der Waals surface area contributed by atoms with Crippen LogP contribution in [-0.2, 0) is 4.74 Å². The number of ether oxygens (including phenoxy) is 2. The molecule has 1 saturated heterocycles. The molecule has 1 aliphatic heterocycles. The van der Waals surface area contributed by atoms with E-state index in [0.29, 0.717) is 18.0 Å². The average Bonchev–Trinajstić information content (AvgIpc) is 2.73. The number of nitrogens with one attached hydrogen (secondary N) is 1. The number of rotatable bonds is 7. The van der Waals surface area contributed by atoms with Gasteiger partial charge in [0.2, 0.25) is 0 Å². The fourth-order valence-electron chi connectivity index (χ4n) is 3.23. The number of carbonyl (C=O) groups excluding carboxylic acids is 1. The molecule has 0 atom stereocenters. The molecular formula is C21H26ClN3O3. The van der Waals surface area contributed by atoms with Crippen molar-refractivity contribution < 1.29 is 14.3 Å². The largest absolute Gasteiger partial charge is 0.495 e. The van der Waals surface area contributed by atoms with Crippen LogP contribution in [0.1, 0.15) is 6.42 Å². The summed E-state index contributed by atoms with van der Waals surface area (Å²) in [5.41, 5.74) is 1.81. The van der Waals surface area contributed by atoms with E-state index in [9.17, 15) is 4.79 Å². The van der Waals surface area contributed by atoms with Gasteiger partial charge in [-0.15, -0.1) is 0 Å². The molecule has 0 saturated carbocycles. The number of anilines is 2. The molecule has 3 rings (SSSR count). The fraction of sp³-hybridized carbons (Fsp3) is 0.381. The second-order valence-corrected chi connectivity index (χ2v) is 7.06. The normalized spacial score (nSPS) is 14.6. The predicted octanol–water partition coefficient (Wildman–Crippen LogP) is 4.11. The zero-order valence-electron chi connectivity index (χ0n) is 16.1. The third-order valence-corrected chi connectivity index (χ3v) is 5.01. The Morgan fingerprint density at radius 1 is 1.07 bits per heavy atom. The van der Waals surface area contributed by atoms with Gasteiger partial charge >= 0.3 is 6.09 Å². The highest BCUT2D eigenvalue weighted by Crippen LogP contribution is 2.23. The van der Waals surface area contributed by atoms with Crippen molar-refractivity contribution in [2.45, 2.75) is 6.42 Å². The number of para-hydroxylation sites is 2. The quantitative estimate of drug-likeness (QED) is 0.705. The van der Waals surface area contributed by atoms with Gasteiger partial charge < -0.3 is 14.4 Å². The van der Waals surface area contributed by atoms with E-state index < -0.39 is 6.09 Å². The van der Waals surface area contributed by atoms with E-state index >= 15 is 0 Å². The highest BCUT2D eigenvalue weighted by Gasteiger charge is 2.17. The van der Waals surface area contributed by atoms with Crippen molar-refractivity contribution in [1.29, 1.82) is 0 Å². The van der Waals surface area contributed by atoms with Crippen molar-refractivity contribution in [3.05, 3.63) is 53.6 Å². The van der Waals surface area contributed by atoms with E-state index in [2.05, 4.69) is 27.2 Å². The van der Waals surface area contributed by atoms with Crippen LogP contribution in [-0.4, -0.2) is 57.4 Å². The lowest BCUT2D eigenvalue weighted by Crippen LogP contribution is -2.46. The number of amides is 1. The number of methoxy groups -OCH3 is 1. The molecule has 7 heteroatoms. The summed E-state index contributed by atoms with van der Waals surface area (Å²) in [6.07, 6.45) is 0.345. The lowest BCUT2D eigenvalue weighted by atomic mass is 10.2. The Kier molecular flexibility index (Phi) is 7.39. The lowest BCUT2D eigenvalue weighted by molar-refractivity contribution is 0.151. The molecule has 0 aromatic heterocycles. The summed E-state index contributed by atoms with van der Waals surface area (Å²) in [7, 11) is 1.57. The summed E-state index contributed by atoms with van der Waals surface area (Å²) in [5, 5.41) is 3.47. The maximum Gasteiger partial charge on any atom is 0.411 e. The van der Waals surface area contributed by atoms with Gasteiger partial charge in [0.1, 0.15) is 5.75 Å². The Hall–Kier alpha value is -2.44. The summed E-state index contributed by atoms with van der Waals surface area (Å²) in [4.78, 5) is 16.7. The van der Waals surface area contributed by atoms with Gasteiger partial charge in [0.25, 0.3) is 0 Å². The second-order valence-electron chi connectivity index (χ2n) is 6.62. The topological polar surface area (TPSA) is 54.0 Å². The standard InChI is InChI=1S/C21H26ClN3O3/c1-27-20-6-3-2-5-19(20)23-21(26)28-16-4-11-24-12-14-25(15-13-24)18-9-7-17(22)8-10-18/h2-3,5-10H,4,11-16H2,1H3,(H,23,26). The van der Waals surface area contributed by atoms with Crippen molar-refractivity contribution in [3.63, 3.8) is 0 Å². The molecule has 2 aromatic carbocycles. The fourth-order valence-corrected chi connectivity index (χ4v) is 3.35. The van der Waals surface area contributed by atoms with Crippen molar-refractivity contribution in [1.82, 2.24) is 4.90 Å². The average molecular weight is 404 g/mol. The number of benzene rings is 2. The van der Waals surface area contributed by atoms with Crippen molar-refractivity contribution in [2.75, 3.05) is 56.7 Å². The summed E-state index contributed by atoms with van der Waals surface area (Å²) in [5.74, 6) is 0.609. The van der Waals surface area contributed by atoms with Crippen LogP contribution in [0.4, 0.5) is 16.2 Å². The smallest absolute Gasteiger partial charge is 0.411 e. The summed E-state index contributed by atoms with van der Waals surface area (Å²) in [6, 6.07) is 15.2. The number of hydrogen-bond acceptors (Lipinski definition) is 5. The summed E-state index contributed by atoms with van der Waals surface area (Å²) in [6.45, 7) is 5.26. The lowest BCUT2D eigenvalue weighted by Gasteiger charge is -2.36. The minimum Gasteiger partial charge on any atom is -0.495 e. The number of halogens is 1. The Labute approximate surface area is 171 Å². The molecule has 0 radical (unpaired) electrons. The molecule has 0 aliphatic carbocycles. The molecule has 2 aromatic rings. The van der Waals surface area contributed by atoms with Crippen molar-refractivity contribution in [2.24, 2.45) is 0 Å². The van der Waals surface area contributed by atoms with Gasteiger partial charge in [-0.25, -0.2) is 4.79 Å². The van der Waals surface area contributed by atoms with Gasteiger partial charge in [-0.3, -0.25) is 10.2 Å². The van der Waals surface area contributed by atoms with Crippen LogP contribution in [0.15, 0.2) is 48.5 Å². The van der Waals surface area contributed by atoms with Crippen LogP contribution in [0.5, 0.6) is 5.75 Å². The van der Waals surface area contributed by atoms with Crippen LogP contribution in [0.25, 0.3) is 0 Å². The van der Waals surface area contributed by atoms with E-state index in [1.165, 1.54) is 5.69 Å². The molecule has 1 amide bonds. The van der Waals surface area contributed by atoms with E-state index in [1.54, 1.807) is 19.2 Å². The first-order chi connectivity index (χ1) is 13.7. The van der Waals surface area contributed by atoms with Gasteiger partial charge in [-0.2, -0.15) is 0 Å². The van der Waals surface area contributed by atoms with E-state index in [-0.39, 0.29) is 0 Å². The molecule has 0 spiro atoms. The Morgan fingerprint density at radius 3 is 2.50 bits per heavy atom. The highest BCUT2D eigenvalue weighted by molar-refractivity contribution is 6.30. The number of piperazine rings is 1. The molecular weight excluding hydrogens is 378 g/mol.